The molecule has 8 heteroatoms. The smallest absolute Gasteiger partial charge is 0.256 e. The zero-order valence-corrected chi connectivity index (χ0v) is 13.9. The minimum Gasteiger partial charge on any atom is -0.453 e. The summed E-state index contributed by atoms with van der Waals surface area (Å²) >= 11 is 1.62. The average molecular weight is 347 g/mol. The van der Waals surface area contributed by atoms with E-state index in [0.717, 1.165) is 15.2 Å². The first kappa shape index (κ1) is 14.4. The number of amidine groups is 1. The zero-order valence-electron chi connectivity index (χ0n) is 12.3. The molecule has 0 fully saturated rings. The van der Waals surface area contributed by atoms with Gasteiger partial charge in [0.15, 0.2) is 11.6 Å². The SMILES string of the molecule is Cc1nc2cc(OC3=CC=CN4CCS(=O)(=O)N=C34)ccc2s1. The Kier molecular flexibility index (Phi) is 3.24. The van der Waals surface area contributed by atoms with Crippen LogP contribution in [-0.4, -0.2) is 36.4 Å². The summed E-state index contributed by atoms with van der Waals surface area (Å²) in [6.07, 6.45) is 5.33. The van der Waals surface area contributed by atoms with Crippen molar-refractivity contribution in [3.8, 4) is 5.75 Å². The van der Waals surface area contributed by atoms with Crippen molar-refractivity contribution >= 4 is 37.4 Å². The molecule has 0 amide bonds. The van der Waals surface area contributed by atoms with Gasteiger partial charge in [0, 0.05) is 18.8 Å². The predicted molar refractivity (Wildman–Crippen MR) is 90.1 cm³/mol. The van der Waals surface area contributed by atoms with Gasteiger partial charge in [-0.25, -0.2) is 13.4 Å². The van der Waals surface area contributed by atoms with Gasteiger partial charge in [0.2, 0.25) is 0 Å². The van der Waals surface area contributed by atoms with Gasteiger partial charge in [-0.05, 0) is 31.2 Å². The Hall–Kier alpha value is -2.19. The van der Waals surface area contributed by atoms with Gasteiger partial charge in [-0.1, -0.05) is 0 Å². The Morgan fingerprint density at radius 1 is 1.35 bits per heavy atom. The lowest BCUT2D eigenvalue weighted by Gasteiger charge is -2.28. The van der Waals surface area contributed by atoms with Crippen LogP contribution < -0.4 is 4.74 Å². The van der Waals surface area contributed by atoms with Crippen LogP contribution in [0.1, 0.15) is 5.01 Å². The van der Waals surface area contributed by atoms with E-state index in [1.165, 1.54) is 0 Å². The fraction of sp³-hybridized carbons (Fsp3) is 0.200. The van der Waals surface area contributed by atoms with Crippen molar-refractivity contribution in [3.63, 3.8) is 0 Å². The number of benzene rings is 1. The molecule has 0 saturated carbocycles. The summed E-state index contributed by atoms with van der Waals surface area (Å²) in [5.74, 6) is 1.36. The maximum atomic E-state index is 11.8. The molecule has 0 bridgehead atoms. The number of nitrogens with zero attached hydrogens (tertiary/aromatic N) is 3. The Morgan fingerprint density at radius 2 is 2.22 bits per heavy atom. The van der Waals surface area contributed by atoms with E-state index >= 15 is 0 Å². The average Bonchev–Trinajstić information content (AvgIpc) is 2.86. The molecule has 0 radical (unpaired) electrons. The highest BCUT2D eigenvalue weighted by molar-refractivity contribution is 7.90. The van der Waals surface area contributed by atoms with Gasteiger partial charge in [0.1, 0.15) is 5.75 Å². The quantitative estimate of drug-likeness (QED) is 0.834. The zero-order chi connectivity index (χ0) is 16.0. The van der Waals surface area contributed by atoms with E-state index in [2.05, 4.69) is 9.38 Å². The first-order valence-electron chi connectivity index (χ1n) is 7.03. The standard InChI is InChI=1S/C15H13N3O3S2/c1-10-16-12-9-11(4-5-14(12)22-10)21-13-3-2-6-18-7-8-23(19,20)17-15(13)18/h2-6,9H,7-8H2,1H3. The lowest BCUT2D eigenvalue weighted by Crippen LogP contribution is -2.39. The number of hydrogen-bond donors (Lipinski definition) is 0. The van der Waals surface area contributed by atoms with Gasteiger partial charge >= 0.3 is 0 Å². The van der Waals surface area contributed by atoms with E-state index in [1.54, 1.807) is 28.5 Å². The Labute approximate surface area is 137 Å². The lowest BCUT2D eigenvalue weighted by molar-refractivity contribution is 0.429. The molecule has 0 aliphatic carbocycles. The van der Waals surface area contributed by atoms with Crippen molar-refractivity contribution in [3.05, 3.63) is 47.3 Å². The molecular formula is C15H13N3O3S2. The van der Waals surface area contributed by atoms with Crippen LogP contribution in [0.15, 0.2) is 46.7 Å². The molecule has 2 aliphatic rings. The molecule has 118 valence electrons. The van der Waals surface area contributed by atoms with Crippen LogP contribution in [0.5, 0.6) is 5.75 Å². The third kappa shape index (κ3) is 2.75. The second kappa shape index (κ2) is 5.17. The number of sulfonamides is 1. The van der Waals surface area contributed by atoms with Gasteiger partial charge < -0.3 is 9.64 Å². The largest absolute Gasteiger partial charge is 0.453 e. The summed E-state index contributed by atoms with van der Waals surface area (Å²) < 4.78 is 34.3. The molecule has 6 nitrogen and oxygen atoms in total. The number of rotatable bonds is 2. The number of aryl methyl sites for hydroxylation is 1. The lowest BCUT2D eigenvalue weighted by atomic mass is 10.2. The Balaban J connectivity index is 1.70. The first-order valence-corrected chi connectivity index (χ1v) is 9.46. The van der Waals surface area contributed by atoms with E-state index in [9.17, 15) is 8.42 Å². The summed E-state index contributed by atoms with van der Waals surface area (Å²) in [6, 6.07) is 5.65. The molecule has 2 aliphatic heterocycles. The van der Waals surface area contributed by atoms with Gasteiger partial charge in [-0.2, -0.15) is 0 Å². The Bertz CT molecular complexity index is 987. The van der Waals surface area contributed by atoms with Crippen molar-refractivity contribution in [2.45, 2.75) is 6.92 Å². The number of allylic oxidation sites excluding steroid dienone is 2. The summed E-state index contributed by atoms with van der Waals surface area (Å²) in [5.41, 5.74) is 0.868. The van der Waals surface area contributed by atoms with E-state index in [0.29, 0.717) is 23.9 Å². The normalized spacial score (nSPS) is 19.3. The van der Waals surface area contributed by atoms with E-state index in [1.807, 2.05) is 31.2 Å². The maximum Gasteiger partial charge on any atom is 0.256 e. The van der Waals surface area contributed by atoms with E-state index < -0.39 is 10.0 Å². The van der Waals surface area contributed by atoms with Crippen molar-refractivity contribution in [2.24, 2.45) is 4.40 Å². The molecule has 1 aromatic carbocycles. The van der Waals surface area contributed by atoms with Gasteiger partial charge in [0.25, 0.3) is 10.0 Å². The van der Waals surface area contributed by atoms with Crippen molar-refractivity contribution in [1.29, 1.82) is 0 Å². The minimum atomic E-state index is -3.43. The molecule has 0 spiro atoms. The van der Waals surface area contributed by atoms with Crippen molar-refractivity contribution in [2.75, 3.05) is 12.3 Å². The molecule has 0 atom stereocenters. The highest BCUT2D eigenvalue weighted by Crippen LogP contribution is 2.28. The second-order valence-corrected chi connectivity index (χ2v) is 8.22. The fourth-order valence-electron chi connectivity index (χ4n) is 2.48. The molecular weight excluding hydrogens is 334 g/mol. The minimum absolute atomic E-state index is 0.0121. The van der Waals surface area contributed by atoms with Crippen molar-refractivity contribution in [1.82, 2.24) is 9.88 Å². The molecule has 0 saturated heterocycles. The molecule has 2 aromatic rings. The van der Waals surface area contributed by atoms with Crippen LogP contribution >= 0.6 is 11.3 Å². The molecule has 0 unspecified atom stereocenters. The third-order valence-corrected chi connectivity index (χ3v) is 5.62. The number of ether oxygens (including phenoxy) is 1. The Morgan fingerprint density at radius 3 is 3.09 bits per heavy atom. The highest BCUT2D eigenvalue weighted by atomic mass is 32.2. The van der Waals surface area contributed by atoms with Crippen LogP contribution in [0, 0.1) is 6.92 Å². The van der Waals surface area contributed by atoms with Crippen molar-refractivity contribution < 1.29 is 13.2 Å². The molecule has 3 heterocycles. The number of thiazole rings is 1. The maximum absolute atomic E-state index is 11.8. The molecule has 4 rings (SSSR count). The first-order chi connectivity index (χ1) is 11.0. The van der Waals surface area contributed by atoms with Gasteiger partial charge in [0.05, 0.1) is 21.0 Å². The monoisotopic (exact) mass is 347 g/mol. The van der Waals surface area contributed by atoms with Crippen LogP contribution in [0.3, 0.4) is 0 Å². The van der Waals surface area contributed by atoms with Crippen LogP contribution in [0.4, 0.5) is 0 Å². The van der Waals surface area contributed by atoms with E-state index in [-0.39, 0.29) is 5.75 Å². The summed E-state index contributed by atoms with van der Waals surface area (Å²) in [7, 11) is -3.43. The highest BCUT2D eigenvalue weighted by Gasteiger charge is 2.28. The van der Waals surface area contributed by atoms with Gasteiger partial charge in [-0.3, -0.25) is 0 Å². The number of aromatic nitrogens is 1. The van der Waals surface area contributed by atoms with Gasteiger partial charge in [-0.15, -0.1) is 15.7 Å². The summed E-state index contributed by atoms with van der Waals surface area (Å²) in [6.45, 7) is 2.34. The second-order valence-electron chi connectivity index (χ2n) is 5.23. The van der Waals surface area contributed by atoms with Crippen LogP contribution in [0.2, 0.25) is 0 Å². The topological polar surface area (TPSA) is 71.9 Å². The third-order valence-electron chi connectivity index (χ3n) is 3.52. The molecule has 0 N–H and O–H groups in total. The van der Waals surface area contributed by atoms with Crippen LogP contribution in [0.25, 0.3) is 10.2 Å². The number of fused-ring (bicyclic) bond motifs is 2. The van der Waals surface area contributed by atoms with Crippen LogP contribution in [-0.2, 0) is 10.0 Å². The fourth-order valence-corrected chi connectivity index (χ4v) is 4.27. The predicted octanol–water partition coefficient (Wildman–Crippen LogP) is 2.44. The molecule has 23 heavy (non-hydrogen) atoms. The summed E-state index contributed by atoms with van der Waals surface area (Å²) in [4.78, 5) is 6.22. The molecule has 1 aromatic heterocycles. The number of hydrogen-bond acceptors (Lipinski definition) is 6. The van der Waals surface area contributed by atoms with E-state index in [4.69, 9.17) is 4.74 Å². The summed E-state index contributed by atoms with van der Waals surface area (Å²) in [5, 5.41) is 0.992.